The van der Waals surface area contributed by atoms with Crippen molar-refractivity contribution < 1.29 is 9.47 Å². The summed E-state index contributed by atoms with van der Waals surface area (Å²) in [6, 6.07) is 0. The molecule has 1 saturated carbocycles. The van der Waals surface area contributed by atoms with Crippen molar-refractivity contribution in [2.24, 2.45) is 16.7 Å². The van der Waals surface area contributed by atoms with Gasteiger partial charge in [0.25, 0.3) is 0 Å². The van der Waals surface area contributed by atoms with Crippen molar-refractivity contribution in [1.82, 2.24) is 0 Å². The average molecular weight is 292 g/mol. The predicted molar refractivity (Wildman–Crippen MR) is 86.1 cm³/mol. The number of ether oxygens (including phenoxy) is 2. The topological polar surface area (TPSA) is 18.5 Å². The van der Waals surface area contributed by atoms with Crippen LogP contribution in [-0.4, -0.2) is 18.5 Å². The minimum Gasteiger partial charge on any atom is -0.347 e. The first-order valence-electron chi connectivity index (χ1n) is 8.68. The van der Waals surface area contributed by atoms with Crippen LogP contribution in [0.2, 0.25) is 0 Å². The molecule has 3 rings (SSSR count). The van der Waals surface area contributed by atoms with E-state index in [0.717, 1.165) is 12.5 Å². The van der Waals surface area contributed by atoms with Crippen LogP contribution >= 0.6 is 0 Å². The van der Waals surface area contributed by atoms with Crippen LogP contribution in [0.25, 0.3) is 0 Å². The summed E-state index contributed by atoms with van der Waals surface area (Å²) in [7, 11) is 0. The zero-order valence-electron chi connectivity index (χ0n) is 14.7. The molecule has 2 heteroatoms. The van der Waals surface area contributed by atoms with Gasteiger partial charge < -0.3 is 9.47 Å². The maximum Gasteiger partial charge on any atom is 0.163 e. The summed E-state index contributed by atoms with van der Waals surface area (Å²) in [5.41, 5.74) is 3.90. The van der Waals surface area contributed by atoms with E-state index in [9.17, 15) is 0 Å². The summed E-state index contributed by atoms with van der Waals surface area (Å²) < 4.78 is 12.1. The predicted octanol–water partition coefficient (Wildman–Crippen LogP) is 5.08. The Balaban J connectivity index is 1.98. The first-order chi connectivity index (χ1) is 9.66. The van der Waals surface area contributed by atoms with E-state index in [1.165, 1.54) is 32.1 Å². The molecule has 1 aliphatic heterocycles. The van der Waals surface area contributed by atoms with Crippen LogP contribution in [0.1, 0.15) is 73.6 Å². The van der Waals surface area contributed by atoms with Crippen LogP contribution in [0.4, 0.5) is 0 Å². The van der Waals surface area contributed by atoms with Crippen molar-refractivity contribution in [3.05, 3.63) is 11.1 Å². The molecule has 0 aromatic carbocycles. The summed E-state index contributed by atoms with van der Waals surface area (Å²) in [5.74, 6) is 0.357. The van der Waals surface area contributed by atoms with Gasteiger partial charge in [-0.15, -0.1) is 0 Å². The minimum atomic E-state index is -0.425. The van der Waals surface area contributed by atoms with E-state index in [-0.39, 0.29) is 6.10 Å². The Labute approximate surface area is 130 Å². The van der Waals surface area contributed by atoms with E-state index >= 15 is 0 Å². The van der Waals surface area contributed by atoms with E-state index in [1.54, 1.807) is 11.1 Å². The third kappa shape index (κ3) is 2.49. The largest absolute Gasteiger partial charge is 0.347 e. The van der Waals surface area contributed by atoms with Crippen LogP contribution in [0, 0.1) is 16.7 Å². The molecule has 0 radical (unpaired) electrons. The minimum absolute atomic E-state index is 0.168. The van der Waals surface area contributed by atoms with Gasteiger partial charge in [0.05, 0.1) is 6.61 Å². The zero-order valence-corrected chi connectivity index (χ0v) is 14.7. The maximum atomic E-state index is 6.26. The van der Waals surface area contributed by atoms with Crippen molar-refractivity contribution in [1.29, 1.82) is 0 Å². The Bertz CT molecular complexity index is 460. The fourth-order valence-corrected chi connectivity index (χ4v) is 5.61. The molecular formula is C19H32O2. The van der Waals surface area contributed by atoms with Crippen LogP contribution < -0.4 is 0 Å². The lowest BCUT2D eigenvalue weighted by Gasteiger charge is -2.56. The lowest BCUT2D eigenvalue weighted by Crippen LogP contribution is -2.48. The molecule has 0 spiro atoms. The van der Waals surface area contributed by atoms with Crippen molar-refractivity contribution in [3.63, 3.8) is 0 Å². The van der Waals surface area contributed by atoms with Gasteiger partial charge in [0.15, 0.2) is 5.79 Å². The maximum absolute atomic E-state index is 6.26. The van der Waals surface area contributed by atoms with Gasteiger partial charge in [-0.05, 0) is 68.8 Å². The third-order valence-corrected chi connectivity index (χ3v) is 6.44. The molecule has 1 heterocycles. The standard InChI is InChI=1S/C19H32O2/c1-13-8-9-15-17(2,3)10-7-11-19(15,6)16(13)14-12-20-18(4,5)21-14/h14-15H,7-12H2,1-6H3/t14?,15-,19-/m0/s1. The number of hydrogen-bond acceptors (Lipinski definition) is 2. The first kappa shape index (κ1) is 15.6. The van der Waals surface area contributed by atoms with Gasteiger partial charge >= 0.3 is 0 Å². The lowest BCUT2D eigenvalue weighted by molar-refractivity contribution is -0.137. The second-order valence-corrected chi connectivity index (χ2v) is 8.86. The van der Waals surface area contributed by atoms with Gasteiger partial charge in [-0.1, -0.05) is 32.8 Å². The van der Waals surface area contributed by atoms with Crippen LogP contribution in [0.3, 0.4) is 0 Å². The van der Waals surface area contributed by atoms with Crippen LogP contribution in [-0.2, 0) is 9.47 Å². The van der Waals surface area contributed by atoms with Gasteiger partial charge in [0, 0.05) is 0 Å². The summed E-state index contributed by atoms with van der Waals surface area (Å²) >= 11 is 0. The second kappa shape index (κ2) is 4.83. The molecule has 0 aromatic heterocycles. The molecule has 1 unspecified atom stereocenters. The highest BCUT2D eigenvalue weighted by Crippen LogP contribution is 2.60. The van der Waals surface area contributed by atoms with E-state index in [0.29, 0.717) is 10.8 Å². The lowest BCUT2D eigenvalue weighted by atomic mass is 9.49. The molecule has 120 valence electrons. The normalized spacial score (nSPS) is 42.0. The highest BCUT2D eigenvalue weighted by Gasteiger charge is 2.53. The van der Waals surface area contributed by atoms with E-state index in [1.807, 2.05) is 13.8 Å². The fraction of sp³-hybridized carbons (Fsp3) is 0.895. The average Bonchev–Trinajstić information content (AvgIpc) is 2.67. The monoisotopic (exact) mass is 292 g/mol. The van der Waals surface area contributed by atoms with Gasteiger partial charge in [0.1, 0.15) is 6.10 Å². The molecule has 1 saturated heterocycles. The van der Waals surface area contributed by atoms with Gasteiger partial charge in [0.2, 0.25) is 0 Å². The van der Waals surface area contributed by atoms with Crippen molar-refractivity contribution in [2.75, 3.05) is 6.61 Å². The van der Waals surface area contributed by atoms with Gasteiger partial charge in [-0.25, -0.2) is 0 Å². The van der Waals surface area contributed by atoms with Crippen molar-refractivity contribution >= 4 is 0 Å². The van der Waals surface area contributed by atoms with E-state index < -0.39 is 5.79 Å². The van der Waals surface area contributed by atoms with E-state index in [4.69, 9.17) is 9.47 Å². The molecule has 0 amide bonds. The Morgan fingerprint density at radius 1 is 1.05 bits per heavy atom. The molecule has 0 N–H and O–H groups in total. The first-order valence-corrected chi connectivity index (χ1v) is 8.68. The van der Waals surface area contributed by atoms with Gasteiger partial charge in [-0.2, -0.15) is 0 Å². The quantitative estimate of drug-likeness (QED) is 0.627. The summed E-state index contributed by atoms with van der Waals surface area (Å²) in [5, 5.41) is 0. The Kier molecular flexibility index (Phi) is 3.57. The fourth-order valence-electron chi connectivity index (χ4n) is 5.61. The van der Waals surface area contributed by atoms with Crippen LogP contribution in [0.15, 0.2) is 11.1 Å². The molecule has 0 aromatic rings. The zero-order chi connectivity index (χ0) is 15.5. The van der Waals surface area contributed by atoms with Crippen molar-refractivity contribution in [3.8, 4) is 0 Å². The highest BCUT2D eigenvalue weighted by atomic mass is 16.7. The number of fused-ring (bicyclic) bond motifs is 1. The Hall–Kier alpha value is -0.340. The molecular weight excluding hydrogens is 260 g/mol. The van der Waals surface area contributed by atoms with E-state index in [2.05, 4.69) is 27.7 Å². The third-order valence-electron chi connectivity index (χ3n) is 6.44. The van der Waals surface area contributed by atoms with Gasteiger partial charge in [-0.3, -0.25) is 0 Å². The molecule has 3 aliphatic rings. The summed E-state index contributed by atoms with van der Waals surface area (Å²) in [6.07, 6.45) is 6.77. The Morgan fingerprint density at radius 2 is 1.76 bits per heavy atom. The Morgan fingerprint density at radius 3 is 2.38 bits per heavy atom. The van der Waals surface area contributed by atoms with Crippen molar-refractivity contribution in [2.45, 2.75) is 85.5 Å². The molecule has 2 nitrogen and oxygen atoms in total. The smallest absolute Gasteiger partial charge is 0.163 e. The molecule has 2 aliphatic carbocycles. The summed E-state index contributed by atoms with van der Waals surface area (Å²) in [6.45, 7) is 14.6. The molecule has 3 atom stereocenters. The highest BCUT2D eigenvalue weighted by molar-refractivity contribution is 5.31. The SMILES string of the molecule is CC1=C(C2COC(C)(C)O2)[C@@]2(C)CCCC(C)(C)[C@@H]2CC1. The second-order valence-electron chi connectivity index (χ2n) is 8.86. The number of hydrogen-bond donors (Lipinski definition) is 0. The molecule has 2 fully saturated rings. The van der Waals surface area contributed by atoms with Crippen LogP contribution in [0.5, 0.6) is 0 Å². The summed E-state index contributed by atoms with van der Waals surface area (Å²) in [4.78, 5) is 0. The number of rotatable bonds is 1. The molecule has 0 bridgehead atoms. The molecule has 21 heavy (non-hydrogen) atoms. The number of allylic oxidation sites excluding steroid dienone is 1.